The average Bonchev–Trinajstić information content (AvgIpc) is 2.75. The number of aryl methyl sites for hydroxylation is 2. The van der Waals surface area contributed by atoms with Gasteiger partial charge in [0.05, 0.1) is 10.7 Å². The molecule has 196 valence electrons. The number of hydrogen-bond acceptors (Lipinski definition) is 4. The van der Waals surface area contributed by atoms with Gasteiger partial charge in [-0.25, -0.2) is 4.79 Å². The molecule has 0 saturated carbocycles. The van der Waals surface area contributed by atoms with Crippen LogP contribution in [0.4, 0.5) is 10.5 Å². The van der Waals surface area contributed by atoms with Gasteiger partial charge in [0.15, 0.2) is 0 Å². The molecule has 0 radical (unpaired) electrons. The van der Waals surface area contributed by atoms with Crippen LogP contribution in [0.3, 0.4) is 0 Å². The molecule has 7 nitrogen and oxygen atoms in total. The normalized spacial score (nSPS) is 13.1. The van der Waals surface area contributed by atoms with E-state index in [9.17, 15) is 14.4 Å². The molecule has 2 rings (SSSR count). The first-order valence-electron chi connectivity index (χ1n) is 12.1. The first-order valence-corrected chi connectivity index (χ1v) is 12.5. The minimum Gasteiger partial charge on any atom is -0.444 e. The van der Waals surface area contributed by atoms with Gasteiger partial charge in [0, 0.05) is 7.05 Å². The number of alkyl carbamates (subject to hydrolysis) is 1. The fraction of sp³-hybridized carbons (Fsp3) is 0.464. The lowest BCUT2D eigenvalue weighted by molar-refractivity contribution is -0.139. The van der Waals surface area contributed by atoms with Gasteiger partial charge in [-0.1, -0.05) is 61.8 Å². The topological polar surface area (TPSA) is 87.7 Å². The van der Waals surface area contributed by atoms with Crippen LogP contribution < -0.4 is 10.6 Å². The minimum atomic E-state index is -0.954. The van der Waals surface area contributed by atoms with Crippen LogP contribution in [0.1, 0.15) is 63.8 Å². The maximum atomic E-state index is 13.7. The van der Waals surface area contributed by atoms with Crippen LogP contribution in [0.5, 0.6) is 0 Å². The van der Waals surface area contributed by atoms with E-state index in [4.69, 9.17) is 16.3 Å². The SMILES string of the molecule is Cc1ccccc1C(C(=O)Nc1c(C)cccc1Cl)N(C)C(=O)C(CC(C)C)NC(=O)OC(C)(C)C. The molecule has 2 N–H and O–H groups in total. The molecule has 2 atom stereocenters. The zero-order valence-corrected chi connectivity index (χ0v) is 23.2. The Bertz CT molecular complexity index is 1070. The van der Waals surface area contributed by atoms with E-state index in [-0.39, 0.29) is 5.92 Å². The van der Waals surface area contributed by atoms with Crippen molar-refractivity contribution in [2.75, 3.05) is 12.4 Å². The third kappa shape index (κ3) is 7.98. The molecule has 2 aromatic carbocycles. The number of anilines is 1. The summed E-state index contributed by atoms with van der Waals surface area (Å²) in [4.78, 5) is 41.3. The number of ether oxygens (including phenoxy) is 1. The molecule has 2 aromatic rings. The predicted molar refractivity (Wildman–Crippen MR) is 144 cm³/mol. The summed E-state index contributed by atoms with van der Waals surface area (Å²) in [6.07, 6.45) is -0.299. The Kier molecular flexibility index (Phi) is 9.93. The third-order valence-electron chi connectivity index (χ3n) is 5.63. The standard InChI is InChI=1S/C28H38ClN3O4/c1-17(2)16-22(30-27(35)36-28(5,6)7)26(34)32(8)24(20-14-10-9-12-18(20)3)25(33)31-23-19(4)13-11-15-21(23)29/h9-15,17,22,24H,16H2,1-8H3,(H,30,35)(H,31,33). The van der Waals surface area contributed by atoms with Crippen molar-refractivity contribution in [2.45, 2.75) is 72.6 Å². The second-order valence-corrected chi connectivity index (χ2v) is 10.9. The van der Waals surface area contributed by atoms with Gasteiger partial charge in [0.1, 0.15) is 17.7 Å². The molecular weight excluding hydrogens is 478 g/mol. The summed E-state index contributed by atoms with van der Waals surface area (Å²) in [5, 5.41) is 6.03. The highest BCUT2D eigenvalue weighted by atomic mass is 35.5. The van der Waals surface area contributed by atoms with Gasteiger partial charge in [-0.05, 0) is 69.7 Å². The molecule has 3 amide bonds. The van der Waals surface area contributed by atoms with Gasteiger partial charge in [0.2, 0.25) is 5.91 Å². The molecule has 0 aliphatic heterocycles. The lowest BCUT2D eigenvalue weighted by atomic mass is 9.97. The second-order valence-electron chi connectivity index (χ2n) is 10.5. The van der Waals surface area contributed by atoms with Gasteiger partial charge >= 0.3 is 6.09 Å². The zero-order chi connectivity index (χ0) is 27.2. The molecule has 0 aromatic heterocycles. The number of carbonyl (C=O) groups is 3. The van der Waals surface area contributed by atoms with Crippen LogP contribution in [-0.4, -0.2) is 41.5 Å². The summed E-state index contributed by atoms with van der Waals surface area (Å²) >= 11 is 6.36. The monoisotopic (exact) mass is 515 g/mol. The van der Waals surface area contributed by atoms with E-state index in [1.807, 2.05) is 58.0 Å². The van der Waals surface area contributed by atoms with Crippen LogP contribution in [-0.2, 0) is 14.3 Å². The van der Waals surface area contributed by atoms with Gasteiger partial charge in [-0.15, -0.1) is 0 Å². The van der Waals surface area contributed by atoms with Crippen molar-refractivity contribution in [2.24, 2.45) is 5.92 Å². The van der Waals surface area contributed by atoms with Crippen molar-refractivity contribution in [3.8, 4) is 0 Å². The lowest BCUT2D eigenvalue weighted by Crippen LogP contribution is -2.51. The van der Waals surface area contributed by atoms with Crippen LogP contribution in [0.15, 0.2) is 42.5 Å². The van der Waals surface area contributed by atoms with E-state index < -0.39 is 35.6 Å². The van der Waals surface area contributed by atoms with E-state index in [1.54, 1.807) is 40.0 Å². The summed E-state index contributed by atoms with van der Waals surface area (Å²) in [5.74, 6) is -0.690. The lowest BCUT2D eigenvalue weighted by Gasteiger charge is -2.33. The fourth-order valence-corrected chi connectivity index (χ4v) is 4.19. The summed E-state index contributed by atoms with van der Waals surface area (Å²) in [6, 6.07) is 10.9. The van der Waals surface area contributed by atoms with Gasteiger partial charge < -0.3 is 20.3 Å². The first-order chi connectivity index (χ1) is 16.7. The Morgan fingerprint density at radius 1 is 1.00 bits per heavy atom. The Morgan fingerprint density at radius 2 is 1.61 bits per heavy atom. The van der Waals surface area contributed by atoms with E-state index in [2.05, 4.69) is 10.6 Å². The third-order valence-corrected chi connectivity index (χ3v) is 5.95. The van der Waals surface area contributed by atoms with E-state index in [0.717, 1.165) is 11.1 Å². The van der Waals surface area contributed by atoms with Crippen molar-refractivity contribution < 1.29 is 19.1 Å². The van der Waals surface area contributed by atoms with Crippen molar-refractivity contribution >= 4 is 35.2 Å². The van der Waals surface area contributed by atoms with E-state index in [1.165, 1.54) is 4.90 Å². The molecule has 0 bridgehead atoms. The summed E-state index contributed by atoms with van der Waals surface area (Å²) in [7, 11) is 1.57. The molecule has 2 unspecified atom stereocenters. The maximum absolute atomic E-state index is 13.7. The van der Waals surface area contributed by atoms with Crippen LogP contribution in [0, 0.1) is 19.8 Å². The van der Waals surface area contributed by atoms with Crippen LogP contribution in [0.25, 0.3) is 0 Å². The smallest absolute Gasteiger partial charge is 0.408 e. The molecule has 8 heteroatoms. The van der Waals surface area contributed by atoms with Gasteiger partial charge in [-0.3, -0.25) is 9.59 Å². The van der Waals surface area contributed by atoms with Crippen molar-refractivity contribution in [1.29, 1.82) is 0 Å². The molecule has 0 heterocycles. The molecule has 0 spiro atoms. The number of rotatable bonds is 8. The molecule has 0 aliphatic carbocycles. The van der Waals surface area contributed by atoms with E-state index >= 15 is 0 Å². The minimum absolute atomic E-state index is 0.110. The number of nitrogens with zero attached hydrogens (tertiary/aromatic N) is 1. The van der Waals surface area contributed by atoms with Crippen molar-refractivity contribution in [3.63, 3.8) is 0 Å². The Hall–Kier alpha value is -3.06. The molecule has 0 aliphatic rings. The average molecular weight is 516 g/mol. The van der Waals surface area contributed by atoms with Gasteiger partial charge in [0.25, 0.3) is 5.91 Å². The number of amides is 3. The summed E-state index contributed by atoms with van der Waals surface area (Å²) < 4.78 is 5.38. The Balaban J connectivity index is 2.44. The highest BCUT2D eigenvalue weighted by Gasteiger charge is 2.35. The number of carbonyl (C=O) groups excluding carboxylic acids is 3. The predicted octanol–water partition coefficient (Wildman–Crippen LogP) is 6.03. The highest BCUT2D eigenvalue weighted by Crippen LogP contribution is 2.30. The number of likely N-dealkylation sites (N-methyl/N-ethyl adjacent to an activating group) is 1. The zero-order valence-electron chi connectivity index (χ0n) is 22.4. The quantitative estimate of drug-likeness (QED) is 0.449. The van der Waals surface area contributed by atoms with E-state index in [0.29, 0.717) is 22.7 Å². The second kappa shape index (κ2) is 12.3. The molecule has 0 fully saturated rings. The fourth-order valence-electron chi connectivity index (χ4n) is 3.92. The first kappa shape index (κ1) is 29.2. The van der Waals surface area contributed by atoms with Gasteiger partial charge in [-0.2, -0.15) is 0 Å². The maximum Gasteiger partial charge on any atom is 0.408 e. The largest absolute Gasteiger partial charge is 0.444 e. The van der Waals surface area contributed by atoms with Crippen LogP contribution >= 0.6 is 11.6 Å². The van der Waals surface area contributed by atoms with Crippen molar-refractivity contribution in [3.05, 3.63) is 64.2 Å². The number of halogens is 1. The number of benzene rings is 2. The number of hydrogen-bond donors (Lipinski definition) is 2. The van der Waals surface area contributed by atoms with Crippen LogP contribution in [0.2, 0.25) is 5.02 Å². The summed E-state index contributed by atoms with van der Waals surface area (Å²) in [5.41, 5.74) is 2.12. The highest BCUT2D eigenvalue weighted by molar-refractivity contribution is 6.34. The number of para-hydroxylation sites is 1. The number of nitrogens with one attached hydrogen (secondary N) is 2. The summed E-state index contributed by atoms with van der Waals surface area (Å²) in [6.45, 7) is 12.9. The van der Waals surface area contributed by atoms with Crippen molar-refractivity contribution in [1.82, 2.24) is 10.2 Å². The molecule has 0 saturated heterocycles. The Labute approximate surface area is 219 Å². The molecular formula is C28H38ClN3O4. The Morgan fingerprint density at radius 3 is 2.17 bits per heavy atom. The molecule has 36 heavy (non-hydrogen) atoms.